The predicted molar refractivity (Wildman–Crippen MR) is 57.7 cm³/mol. The van der Waals surface area contributed by atoms with Gasteiger partial charge >= 0.3 is 0 Å². The van der Waals surface area contributed by atoms with Crippen molar-refractivity contribution in [2.24, 2.45) is 0 Å². The van der Waals surface area contributed by atoms with E-state index in [0.717, 1.165) is 6.42 Å². The number of ether oxygens (including phenoxy) is 1. The Morgan fingerprint density at radius 3 is 2.58 bits per heavy atom. The molecule has 0 spiro atoms. The molecule has 0 aliphatic carbocycles. The third-order valence-electron chi connectivity index (χ3n) is 2.39. The van der Waals surface area contributed by atoms with Gasteiger partial charge in [-0.05, 0) is 13.3 Å². The van der Waals surface area contributed by atoms with Crippen LogP contribution >= 0.6 is 22.6 Å². The van der Waals surface area contributed by atoms with Crippen molar-refractivity contribution < 1.29 is 9.84 Å². The van der Waals surface area contributed by atoms with E-state index in [1.54, 1.807) is 0 Å². The quantitative estimate of drug-likeness (QED) is 0.635. The molecule has 12 heavy (non-hydrogen) atoms. The maximum absolute atomic E-state index is 9.60. The Morgan fingerprint density at radius 1 is 1.50 bits per heavy atom. The van der Waals surface area contributed by atoms with Crippen LogP contribution in [0.1, 0.15) is 33.1 Å². The molecule has 3 heteroatoms. The molecule has 1 aliphatic rings. The van der Waals surface area contributed by atoms with Crippen LogP contribution in [-0.2, 0) is 4.74 Å². The molecule has 72 valence electrons. The Morgan fingerprint density at radius 2 is 2.17 bits per heavy atom. The summed E-state index contributed by atoms with van der Waals surface area (Å²) in [7, 11) is 0. The minimum absolute atomic E-state index is 0.0220. The summed E-state index contributed by atoms with van der Waals surface area (Å²) < 4.78 is 5.91. The molecule has 0 aromatic heterocycles. The van der Waals surface area contributed by atoms with Crippen molar-refractivity contribution in [3.8, 4) is 0 Å². The predicted octanol–water partition coefficient (Wildman–Crippen LogP) is 2.13. The molecule has 0 bridgehead atoms. The zero-order valence-corrected chi connectivity index (χ0v) is 9.82. The molecular formula is C9H17IO2. The van der Waals surface area contributed by atoms with Crippen molar-refractivity contribution in [1.82, 2.24) is 0 Å². The van der Waals surface area contributed by atoms with E-state index in [-0.39, 0.29) is 22.2 Å². The zero-order chi connectivity index (χ0) is 9.14. The Labute approximate surface area is 87.8 Å². The van der Waals surface area contributed by atoms with Gasteiger partial charge in [0.1, 0.15) is 0 Å². The molecule has 1 fully saturated rings. The van der Waals surface area contributed by atoms with Crippen molar-refractivity contribution in [3.05, 3.63) is 0 Å². The van der Waals surface area contributed by atoms with E-state index in [4.69, 9.17) is 4.74 Å². The van der Waals surface area contributed by atoms with E-state index in [1.807, 2.05) is 6.92 Å². The van der Waals surface area contributed by atoms with Gasteiger partial charge in [-0.1, -0.05) is 42.4 Å². The third-order valence-corrected chi connectivity index (χ3v) is 3.93. The molecule has 0 radical (unpaired) electrons. The number of unbranched alkanes of at least 4 members (excludes halogenated alkanes) is 1. The van der Waals surface area contributed by atoms with Gasteiger partial charge in [0, 0.05) is 0 Å². The number of halogens is 1. The first kappa shape index (κ1) is 10.7. The average molecular weight is 284 g/mol. The molecule has 1 rings (SSSR count). The van der Waals surface area contributed by atoms with Crippen molar-refractivity contribution >= 4 is 22.6 Å². The van der Waals surface area contributed by atoms with Gasteiger partial charge in [0.15, 0.2) is 0 Å². The summed E-state index contributed by atoms with van der Waals surface area (Å²) in [5, 5.41) is 9.60. The fraction of sp³-hybridized carbons (Fsp3) is 1.00. The molecule has 2 nitrogen and oxygen atoms in total. The second kappa shape index (κ2) is 4.77. The highest BCUT2D eigenvalue weighted by molar-refractivity contribution is 14.1. The monoisotopic (exact) mass is 284 g/mol. The van der Waals surface area contributed by atoms with Crippen LogP contribution in [0.15, 0.2) is 0 Å². The molecule has 1 heterocycles. The van der Waals surface area contributed by atoms with E-state index in [0.29, 0.717) is 0 Å². The Hall–Kier alpha value is 0.650. The van der Waals surface area contributed by atoms with E-state index in [2.05, 4.69) is 29.5 Å². The zero-order valence-electron chi connectivity index (χ0n) is 7.66. The van der Waals surface area contributed by atoms with Crippen LogP contribution in [0.4, 0.5) is 0 Å². The molecular weight excluding hydrogens is 267 g/mol. The SMILES string of the molecule is CCCC[C@@H]1O[C@@H](C)[C@H](O)[C@H]1I. The number of alkyl halides is 1. The van der Waals surface area contributed by atoms with Gasteiger partial charge < -0.3 is 9.84 Å². The summed E-state index contributed by atoms with van der Waals surface area (Å²) in [6, 6.07) is 0. The fourth-order valence-corrected chi connectivity index (χ4v) is 2.66. The van der Waals surface area contributed by atoms with Gasteiger partial charge in [-0.3, -0.25) is 0 Å². The summed E-state index contributed by atoms with van der Waals surface area (Å²) >= 11 is 2.30. The molecule has 0 aromatic carbocycles. The summed E-state index contributed by atoms with van der Waals surface area (Å²) in [6.45, 7) is 4.12. The standard InChI is InChI=1S/C9H17IO2/c1-3-4-5-7-8(10)9(11)6(2)12-7/h6-9,11H,3-5H2,1-2H3/t6-,7-,8-,9-/m0/s1. The molecule has 0 amide bonds. The van der Waals surface area contributed by atoms with Gasteiger partial charge in [0.25, 0.3) is 0 Å². The topological polar surface area (TPSA) is 29.5 Å². The number of hydrogen-bond acceptors (Lipinski definition) is 2. The van der Waals surface area contributed by atoms with Crippen LogP contribution in [0.5, 0.6) is 0 Å². The second-order valence-corrected chi connectivity index (χ2v) is 4.90. The number of aliphatic hydroxyl groups excluding tert-OH is 1. The molecule has 1 N–H and O–H groups in total. The lowest BCUT2D eigenvalue weighted by Crippen LogP contribution is -2.26. The second-order valence-electron chi connectivity index (χ2n) is 3.46. The Balaban J connectivity index is 2.36. The van der Waals surface area contributed by atoms with Crippen LogP contribution in [0, 0.1) is 0 Å². The highest BCUT2D eigenvalue weighted by Crippen LogP contribution is 2.30. The first-order valence-electron chi connectivity index (χ1n) is 4.64. The van der Waals surface area contributed by atoms with Gasteiger partial charge in [0.2, 0.25) is 0 Å². The van der Waals surface area contributed by atoms with E-state index < -0.39 is 0 Å². The van der Waals surface area contributed by atoms with Crippen LogP contribution in [-0.4, -0.2) is 27.3 Å². The lowest BCUT2D eigenvalue weighted by atomic mass is 10.1. The van der Waals surface area contributed by atoms with E-state index >= 15 is 0 Å². The largest absolute Gasteiger partial charge is 0.389 e. The third kappa shape index (κ3) is 2.33. The smallest absolute Gasteiger partial charge is 0.0941 e. The van der Waals surface area contributed by atoms with E-state index in [9.17, 15) is 5.11 Å². The van der Waals surface area contributed by atoms with Crippen molar-refractivity contribution in [2.45, 2.75) is 55.3 Å². The normalized spacial score (nSPS) is 42.0. The summed E-state index contributed by atoms with van der Waals surface area (Å²) in [5.41, 5.74) is 0. The lowest BCUT2D eigenvalue weighted by molar-refractivity contribution is 0.0189. The molecule has 1 aliphatic heterocycles. The maximum Gasteiger partial charge on any atom is 0.0941 e. The minimum Gasteiger partial charge on any atom is -0.389 e. The molecule has 4 atom stereocenters. The minimum atomic E-state index is -0.271. The Kier molecular flexibility index (Phi) is 4.26. The molecule has 0 aromatic rings. The fourth-order valence-electron chi connectivity index (χ4n) is 1.54. The number of rotatable bonds is 3. The number of aliphatic hydroxyl groups is 1. The van der Waals surface area contributed by atoms with Crippen molar-refractivity contribution in [1.29, 1.82) is 0 Å². The van der Waals surface area contributed by atoms with Gasteiger partial charge in [-0.2, -0.15) is 0 Å². The van der Waals surface area contributed by atoms with Crippen LogP contribution in [0.3, 0.4) is 0 Å². The summed E-state index contributed by atoms with van der Waals surface area (Å²) in [5.74, 6) is 0. The Bertz CT molecular complexity index is 140. The lowest BCUT2D eigenvalue weighted by Gasteiger charge is -2.12. The highest BCUT2D eigenvalue weighted by Gasteiger charge is 2.38. The molecule has 0 unspecified atom stereocenters. The van der Waals surface area contributed by atoms with Gasteiger partial charge in [0.05, 0.1) is 22.2 Å². The average Bonchev–Trinajstić information content (AvgIpc) is 2.30. The first-order valence-corrected chi connectivity index (χ1v) is 5.89. The highest BCUT2D eigenvalue weighted by atomic mass is 127. The molecule has 0 saturated carbocycles. The van der Waals surface area contributed by atoms with E-state index in [1.165, 1.54) is 12.8 Å². The first-order chi connectivity index (χ1) is 5.66. The number of hydrogen-bond donors (Lipinski definition) is 1. The van der Waals surface area contributed by atoms with Crippen LogP contribution in [0.25, 0.3) is 0 Å². The van der Waals surface area contributed by atoms with Gasteiger partial charge in [-0.15, -0.1) is 0 Å². The maximum atomic E-state index is 9.60. The summed E-state index contributed by atoms with van der Waals surface area (Å²) in [6.07, 6.45) is 3.51. The summed E-state index contributed by atoms with van der Waals surface area (Å²) in [4.78, 5) is 0. The van der Waals surface area contributed by atoms with Crippen LogP contribution < -0.4 is 0 Å². The van der Waals surface area contributed by atoms with Crippen LogP contribution in [0.2, 0.25) is 0 Å². The van der Waals surface area contributed by atoms with Crippen molar-refractivity contribution in [3.63, 3.8) is 0 Å². The van der Waals surface area contributed by atoms with Crippen molar-refractivity contribution in [2.75, 3.05) is 0 Å². The van der Waals surface area contributed by atoms with Gasteiger partial charge in [-0.25, -0.2) is 0 Å². The molecule has 1 saturated heterocycles.